The van der Waals surface area contributed by atoms with Crippen LogP contribution in [0.15, 0.2) is 0 Å². The fourth-order valence-corrected chi connectivity index (χ4v) is 3.65. The van der Waals surface area contributed by atoms with Gasteiger partial charge in [0.05, 0.1) is 6.61 Å². The third-order valence-corrected chi connectivity index (χ3v) is 6.13. The van der Waals surface area contributed by atoms with E-state index in [1.807, 2.05) is 0 Å². The zero-order chi connectivity index (χ0) is 21.8. The standard InChI is InChI=1S/C21H42FO6P/c1-4-5-6-7-8-9-10-11-12-13-14-15-16-17-21(23)27-18-20(22)19-28-29(24,25-2)26-3/h20H,4-19H2,1-3H3/t20-/m0/s1. The minimum absolute atomic E-state index is 0.292. The van der Waals surface area contributed by atoms with Gasteiger partial charge in [-0.25, -0.2) is 8.96 Å². The molecule has 0 rings (SSSR count). The fourth-order valence-electron chi connectivity index (χ4n) is 2.94. The number of carbonyl (C=O) groups excluding carboxylic acids is 1. The Hall–Kier alpha value is -0.490. The summed E-state index contributed by atoms with van der Waals surface area (Å²) in [6, 6.07) is 0. The Kier molecular flexibility index (Phi) is 19.1. The molecule has 29 heavy (non-hydrogen) atoms. The van der Waals surface area contributed by atoms with Crippen LogP contribution < -0.4 is 0 Å². The molecule has 1 atom stereocenters. The van der Waals surface area contributed by atoms with Gasteiger partial charge < -0.3 is 4.74 Å². The van der Waals surface area contributed by atoms with E-state index in [9.17, 15) is 13.8 Å². The van der Waals surface area contributed by atoms with E-state index in [1.54, 1.807) is 0 Å². The summed E-state index contributed by atoms with van der Waals surface area (Å²) in [5.41, 5.74) is 0. The number of halogens is 1. The van der Waals surface area contributed by atoms with Gasteiger partial charge in [0.15, 0.2) is 6.17 Å². The van der Waals surface area contributed by atoms with Gasteiger partial charge in [-0.05, 0) is 6.42 Å². The number of unbranched alkanes of at least 4 members (excludes halogenated alkanes) is 12. The maximum absolute atomic E-state index is 13.6. The lowest BCUT2D eigenvalue weighted by Crippen LogP contribution is -2.19. The predicted molar refractivity (Wildman–Crippen MR) is 114 cm³/mol. The number of phosphoric acid groups is 1. The van der Waals surface area contributed by atoms with Crippen LogP contribution in [0.4, 0.5) is 4.39 Å². The number of ether oxygens (including phenoxy) is 1. The lowest BCUT2D eigenvalue weighted by molar-refractivity contribution is -0.145. The zero-order valence-corrected chi connectivity index (χ0v) is 19.6. The van der Waals surface area contributed by atoms with Crippen molar-refractivity contribution in [2.45, 2.75) is 103 Å². The molecule has 0 saturated carbocycles. The van der Waals surface area contributed by atoms with Gasteiger partial charge in [0.2, 0.25) is 0 Å². The molecule has 0 aromatic heterocycles. The van der Waals surface area contributed by atoms with E-state index in [2.05, 4.69) is 16.0 Å². The van der Waals surface area contributed by atoms with Crippen molar-refractivity contribution in [1.29, 1.82) is 0 Å². The summed E-state index contributed by atoms with van der Waals surface area (Å²) >= 11 is 0. The summed E-state index contributed by atoms with van der Waals surface area (Å²) < 4.78 is 43.9. The summed E-state index contributed by atoms with van der Waals surface area (Å²) in [7, 11) is -1.41. The highest BCUT2D eigenvalue weighted by Gasteiger charge is 2.25. The summed E-state index contributed by atoms with van der Waals surface area (Å²) in [4.78, 5) is 11.6. The lowest BCUT2D eigenvalue weighted by Gasteiger charge is -2.15. The molecule has 0 fully saturated rings. The second kappa shape index (κ2) is 19.5. The first-order valence-corrected chi connectivity index (χ1v) is 12.6. The first kappa shape index (κ1) is 28.5. The average Bonchev–Trinajstić information content (AvgIpc) is 2.73. The molecule has 0 radical (unpaired) electrons. The monoisotopic (exact) mass is 440 g/mol. The number of phosphoric ester groups is 1. The summed E-state index contributed by atoms with van der Waals surface area (Å²) in [5.74, 6) is -0.419. The molecule has 0 saturated heterocycles. The molecule has 0 unspecified atom stereocenters. The third-order valence-electron chi connectivity index (χ3n) is 4.77. The largest absolute Gasteiger partial charge is 0.474 e. The summed E-state index contributed by atoms with van der Waals surface area (Å²) in [6.45, 7) is 1.29. The number of hydrogen-bond donors (Lipinski definition) is 0. The van der Waals surface area contributed by atoms with Crippen LogP contribution in [0.5, 0.6) is 0 Å². The van der Waals surface area contributed by atoms with Crippen LogP contribution in [0.2, 0.25) is 0 Å². The molecule has 0 aromatic rings. The molecule has 0 aromatic carbocycles. The van der Waals surface area contributed by atoms with Crippen LogP contribution >= 0.6 is 7.82 Å². The zero-order valence-electron chi connectivity index (χ0n) is 18.7. The minimum Gasteiger partial charge on any atom is -0.462 e. The number of rotatable bonds is 21. The van der Waals surface area contributed by atoms with Gasteiger partial charge in [-0.1, -0.05) is 84.0 Å². The number of esters is 1. The molecular formula is C21H42FO6P. The first-order chi connectivity index (χ1) is 14.0. The predicted octanol–water partition coefficient (Wildman–Crippen LogP) is 6.77. The van der Waals surface area contributed by atoms with Gasteiger partial charge in [0.1, 0.15) is 6.61 Å². The van der Waals surface area contributed by atoms with E-state index >= 15 is 0 Å². The van der Waals surface area contributed by atoms with Crippen molar-refractivity contribution >= 4 is 13.8 Å². The van der Waals surface area contributed by atoms with Crippen LogP contribution in [0.25, 0.3) is 0 Å². The molecule has 0 bridgehead atoms. The second-order valence-corrected chi connectivity index (χ2v) is 9.26. The molecule has 0 amide bonds. The van der Waals surface area contributed by atoms with Crippen LogP contribution in [-0.4, -0.2) is 39.6 Å². The van der Waals surface area contributed by atoms with Gasteiger partial charge in [-0.2, -0.15) is 0 Å². The highest BCUT2D eigenvalue weighted by atomic mass is 31.2. The van der Waals surface area contributed by atoms with Crippen molar-refractivity contribution in [1.82, 2.24) is 0 Å². The molecule has 8 heteroatoms. The highest BCUT2D eigenvalue weighted by molar-refractivity contribution is 7.48. The Labute approximate surface area is 176 Å². The topological polar surface area (TPSA) is 71.1 Å². The van der Waals surface area contributed by atoms with Gasteiger partial charge in [-0.3, -0.25) is 18.4 Å². The second-order valence-electron chi connectivity index (χ2n) is 7.38. The third kappa shape index (κ3) is 18.0. The lowest BCUT2D eigenvalue weighted by atomic mass is 10.0. The van der Waals surface area contributed by atoms with Crippen molar-refractivity contribution in [2.75, 3.05) is 27.4 Å². The summed E-state index contributed by atoms with van der Waals surface area (Å²) in [5, 5.41) is 0. The van der Waals surface area contributed by atoms with Crippen LogP contribution in [-0.2, 0) is 27.7 Å². The van der Waals surface area contributed by atoms with E-state index in [0.717, 1.165) is 33.5 Å². The first-order valence-electron chi connectivity index (χ1n) is 11.1. The Balaban J connectivity index is 3.44. The molecular weight excluding hydrogens is 398 g/mol. The van der Waals surface area contributed by atoms with Crippen LogP contribution in [0.1, 0.15) is 96.8 Å². The van der Waals surface area contributed by atoms with Crippen molar-refractivity contribution in [2.24, 2.45) is 0 Å². The average molecular weight is 441 g/mol. The normalized spacial score (nSPS) is 12.8. The van der Waals surface area contributed by atoms with E-state index in [0.29, 0.717) is 6.42 Å². The van der Waals surface area contributed by atoms with Crippen molar-refractivity contribution in [3.05, 3.63) is 0 Å². The smallest absolute Gasteiger partial charge is 0.462 e. The quantitative estimate of drug-likeness (QED) is 0.111. The minimum atomic E-state index is -3.71. The fraction of sp³-hybridized carbons (Fsp3) is 0.952. The maximum Gasteiger partial charge on any atom is 0.474 e. The SMILES string of the molecule is CCCCCCCCCCCCCCCC(=O)OC[C@H](F)COP(=O)(OC)OC. The molecule has 174 valence electrons. The van der Waals surface area contributed by atoms with Crippen molar-refractivity contribution < 1.29 is 32.1 Å². The van der Waals surface area contributed by atoms with Crippen molar-refractivity contribution in [3.63, 3.8) is 0 Å². The van der Waals surface area contributed by atoms with Crippen LogP contribution in [0, 0.1) is 0 Å². The van der Waals surface area contributed by atoms with E-state index in [-0.39, 0.29) is 0 Å². The van der Waals surface area contributed by atoms with Gasteiger partial charge in [0, 0.05) is 20.6 Å². The van der Waals surface area contributed by atoms with E-state index < -0.39 is 33.2 Å². The van der Waals surface area contributed by atoms with Crippen LogP contribution in [0.3, 0.4) is 0 Å². The Morgan fingerprint density at radius 1 is 0.793 bits per heavy atom. The molecule has 0 aliphatic carbocycles. The number of carbonyl (C=O) groups is 1. The van der Waals surface area contributed by atoms with Gasteiger partial charge in [-0.15, -0.1) is 0 Å². The van der Waals surface area contributed by atoms with Gasteiger partial charge in [0.25, 0.3) is 0 Å². The number of alkyl halides is 1. The molecule has 0 aliphatic heterocycles. The maximum atomic E-state index is 13.6. The number of hydrogen-bond acceptors (Lipinski definition) is 6. The van der Waals surface area contributed by atoms with Crippen molar-refractivity contribution in [3.8, 4) is 0 Å². The van der Waals surface area contributed by atoms with E-state index in [4.69, 9.17) is 9.26 Å². The van der Waals surface area contributed by atoms with E-state index in [1.165, 1.54) is 64.2 Å². The highest BCUT2D eigenvalue weighted by Crippen LogP contribution is 2.47. The molecule has 0 aliphatic rings. The Bertz CT molecular complexity index is 427. The molecule has 0 N–H and O–H groups in total. The Morgan fingerprint density at radius 2 is 1.24 bits per heavy atom. The molecule has 0 heterocycles. The molecule has 0 spiro atoms. The van der Waals surface area contributed by atoms with Gasteiger partial charge >= 0.3 is 13.8 Å². The summed E-state index contributed by atoms with van der Waals surface area (Å²) in [6.07, 6.45) is 14.8. The molecule has 6 nitrogen and oxygen atoms in total. The Morgan fingerprint density at radius 3 is 1.69 bits per heavy atom.